The number of hydrogen-bond acceptors (Lipinski definition) is 5. The number of aromatic nitrogens is 3. The van der Waals surface area contributed by atoms with Gasteiger partial charge >= 0.3 is 0 Å². The number of anilines is 3. The summed E-state index contributed by atoms with van der Waals surface area (Å²) >= 11 is 0. The minimum Gasteiger partial charge on any atom is -0.353 e. The highest BCUT2D eigenvalue weighted by molar-refractivity contribution is 5.55. The first-order chi connectivity index (χ1) is 10.9. The maximum atomic E-state index is 4.40. The first-order valence-electron chi connectivity index (χ1n) is 7.20. The van der Waals surface area contributed by atoms with Gasteiger partial charge in [-0.1, -0.05) is 48.5 Å². The summed E-state index contributed by atoms with van der Waals surface area (Å²) in [7, 11) is 0. The Morgan fingerprint density at radius 2 is 1.59 bits per heavy atom. The summed E-state index contributed by atoms with van der Waals surface area (Å²) in [6.07, 6.45) is 2.52. The third-order valence-corrected chi connectivity index (χ3v) is 3.14. The molecule has 0 amide bonds. The lowest BCUT2D eigenvalue weighted by Gasteiger charge is -2.07. The predicted molar refractivity (Wildman–Crippen MR) is 88.2 cm³/mol. The van der Waals surface area contributed by atoms with Crippen LogP contribution in [-0.4, -0.2) is 21.7 Å². The average Bonchev–Trinajstić information content (AvgIpc) is 2.57. The van der Waals surface area contributed by atoms with Crippen LogP contribution in [0.4, 0.5) is 17.5 Å². The van der Waals surface area contributed by atoms with Crippen LogP contribution in [0.15, 0.2) is 66.9 Å². The molecule has 110 valence electrons. The molecule has 5 heteroatoms. The zero-order valence-corrected chi connectivity index (χ0v) is 12.1. The molecule has 0 aliphatic heterocycles. The van der Waals surface area contributed by atoms with Crippen LogP contribution in [-0.2, 0) is 6.42 Å². The highest BCUT2D eigenvalue weighted by atomic mass is 15.3. The smallest absolute Gasteiger partial charge is 0.244 e. The van der Waals surface area contributed by atoms with Crippen molar-refractivity contribution in [3.63, 3.8) is 0 Å². The second kappa shape index (κ2) is 7.17. The Labute approximate surface area is 129 Å². The lowest BCUT2D eigenvalue weighted by Crippen LogP contribution is -2.09. The average molecular weight is 291 g/mol. The first-order valence-corrected chi connectivity index (χ1v) is 7.20. The van der Waals surface area contributed by atoms with Crippen molar-refractivity contribution in [1.29, 1.82) is 0 Å². The fourth-order valence-corrected chi connectivity index (χ4v) is 2.07. The van der Waals surface area contributed by atoms with E-state index in [0.29, 0.717) is 11.8 Å². The van der Waals surface area contributed by atoms with Crippen LogP contribution in [0.5, 0.6) is 0 Å². The summed E-state index contributed by atoms with van der Waals surface area (Å²) in [6, 6.07) is 20.2. The molecule has 1 aromatic heterocycles. The quantitative estimate of drug-likeness (QED) is 0.730. The molecule has 0 unspecified atom stereocenters. The van der Waals surface area contributed by atoms with Crippen molar-refractivity contribution in [1.82, 2.24) is 15.2 Å². The Hall–Kier alpha value is -2.95. The van der Waals surface area contributed by atoms with Crippen molar-refractivity contribution in [2.45, 2.75) is 6.42 Å². The number of para-hydroxylation sites is 1. The molecule has 22 heavy (non-hydrogen) atoms. The SMILES string of the molecule is c1ccc(CCNc2nncc(Nc3ccccc3)n2)cc1. The highest BCUT2D eigenvalue weighted by Crippen LogP contribution is 2.13. The molecule has 0 atom stereocenters. The molecule has 0 saturated heterocycles. The summed E-state index contributed by atoms with van der Waals surface area (Å²) in [6.45, 7) is 0.764. The van der Waals surface area contributed by atoms with Crippen LogP contribution in [0.25, 0.3) is 0 Å². The van der Waals surface area contributed by atoms with E-state index in [9.17, 15) is 0 Å². The molecule has 3 aromatic rings. The summed E-state index contributed by atoms with van der Waals surface area (Å²) in [4.78, 5) is 4.40. The van der Waals surface area contributed by atoms with Gasteiger partial charge in [0.05, 0.1) is 6.20 Å². The number of hydrogen-bond donors (Lipinski definition) is 2. The van der Waals surface area contributed by atoms with E-state index in [0.717, 1.165) is 18.7 Å². The standard InChI is InChI=1S/C17H17N5/c1-3-7-14(8-4-1)11-12-18-17-21-16(13-19-22-17)20-15-9-5-2-6-10-15/h1-10,13H,11-12H2,(H2,18,20,21,22). The molecule has 0 aliphatic rings. The highest BCUT2D eigenvalue weighted by Gasteiger charge is 2.01. The Bertz CT molecular complexity index is 701. The Balaban J connectivity index is 1.57. The summed E-state index contributed by atoms with van der Waals surface area (Å²) < 4.78 is 0. The molecule has 0 bridgehead atoms. The molecule has 0 saturated carbocycles. The van der Waals surface area contributed by atoms with Gasteiger partial charge in [0.15, 0.2) is 5.82 Å². The molecule has 1 heterocycles. The monoisotopic (exact) mass is 291 g/mol. The fourth-order valence-electron chi connectivity index (χ4n) is 2.07. The van der Waals surface area contributed by atoms with Crippen LogP contribution in [0.1, 0.15) is 5.56 Å². The lowest BCUT2D eigenvalue weighted by atomic mass is 10.1. The van der Waals surface area contributed by atoms with Crippen LogP contribution >= 0.6 is 0 Å². The number of rotatable bonds is 6. The van der Waals surface area contributed by atoms with Crippen molar-refractivity contribution in [2.75, 3.05) is 17.2 Å². The number of nitrogens with zero attached hydrogens (tertiary/aromatic N) is 3. The minimum absolute atomic E-state index is 0.525. The zero-order chi connectivity index (χ0) is 15.0. The van der Waals surface area contributed by atoms with Crippen LogP contribution in [0.2, 0.25) is 0 Å². The molecular weight excluding hydrogens is 274 g/mol. The number of benzene rings is 2. The van der Waals surface area contributed by atoms with Crippen molar-refractivity contribution in [3.8, 4) is 0 Å². The minimum atomic E-state index is 0.525. The topological polar surface area (TPSA) is 62.7 Å². The first kappa shape index (κ1) is 14.0. The van der Waals surface area contributed by atoms with Gasteiger partial charge in [-0.3, -0.25) is 0 Å². The lowest BCUT2D eigenvalue weighted by molar-refractivity contribution is 0.929. The van der Waals surface area contributed by atoms with Gasteiger partial charge in [-0.05, 0) is 24.1 Å². The number of nitrogens with one attached hydrogen (secondary N) is 2. The van der Waals surface area contributed by atoms with Crippen LogP contribution in [0.3, 0.4) is 0 Å². The van der Waals surface area contributed by atoms with Crippen molar-refractivity contribution in [2.24, 2.45) is 0 Å². The molecule has 0 radical (unpaired) electrons. The van der Waals surface area contributed by atoms with Crippen LogP contribution < -0.4 is 10.6 Å². The molecule has 0 spiro atoms. The maximum absolute atomic E-state index is 4.40. The van der Waals surface area contributed by atoms with Gasteiger partial charge in [0, 0.05) is 12.2 Å². The molecule has 0 fully saturated rings. The van der Waals surface area contributed by atoms with E-state index in [-0.39, 0.29) is 0 Å². The van der Waals surface area contributed by atoms with Gasteiger partial charge in [-0.25, -0.2) is 0 Å². The molecule has 2 N–H and O–H groups in total. The van der Waals surface area contributed by atoms with Gasteiger partial charge in [0.1, 0.15) is 0 Å². The third kappa shape index (κ3) is 4.02. The third-order valence-electron chi connectivity index (χ3n) is 3.14. The van der Waals surface area contributed by atoms with Gasteiger partial charge in [0.25, 0.3) is 0 Å². The maximum Gasteiger partial charge on any atom is 0.244 e. The molecular formula is C17H17N5. The Morgan fingerprint density at radius 1 is 0.864 bits per heavy atom. The molecule has 3 rings (SSSR count). The molecule has 0 aliphatic carbocycles. The molecule has 2 aromatic carbocycles. The van der Waals surface area contributed by atoms with E-state index in [1.54, 1.807) is 6.20 Å². The van der Waals surface area contributed by atoms with Gasteiger partial charge in [0.2, 0.25) is 5.95 Å². The van der Waals surface area contributed by atoms with E-state index in [2.05, 4.69) is 37.9 Å². The largest absolute Gasteiger partial charge is 0.353 e. The van der Waals surface area contributed by atoms with E-state index < -0.39 is 0 Å². The van der Waals surface area contributed by atoms with Gasteiger partial charge < -0.3 is 10.6 Å². The van der Waals surface area contributed by atoms with Gasteiger partial charge in [-0.2, -0.15) is 10.1 Å². The van der Waals surface area contributed by atoms with E-state index in [4.69, 9.17) is 0 Å². The fraction of sp³-hybridized carbons (Fsp3) is 0.118. The van der Waals surface area contributed by atoms with E-state index in [1.807, 2.05) is 48.5 Å². The predicted octanol–water partition coefficient (Wildman–Crippen LogP) is 3.27. The van der Waals surface area contributed by atoms with E-state index in [1.165, 1.54) is 5.56 Å². The summed E-state index contributed by atoms with van der Waals surface area (Å²) in [5.41, 5.74) is 2.25. The summed E-state index contributed by atoms with van der Waals surface area (Å²) in [5.74, 6) is 1.19. The normalized spacial score (nSPS) is 10.2. The van der Waals surface area contributed by atoms with Crippen molar-refractivity contribution < 1.29 is 0 Å². The Kier molecular flexibility index (Phi) is 4.57. The summed E-state index contributed by atoms with van der Waals surface area (Å²) in [5, 5.41) is 14.4. The van der Waals surface area contributed by atoms with Crippen LogP contribution in [0, 0.1) is 0 Å². The van der Waals surface area contributed by atoms with Crippen molar-refractivity contribution in [3.05, 3.63) is 72.4 Å². The second-order valence-electron chi connectivity index (χ2n) is 4.82. The van der Waals surface area contributed by atoms with Crippen molar-refractivity contribution >= 4 is 17.5 Å². The zero-order valence-electron chi connectivity index (χ0n) is 12.1. The van der Waals surface area contributed by atoms with Gasteiger partial charge in [-0.15, -0.1) is 5.10 Å². The Morgan fingerprint density at radius 3 is 2.36 bits per heavy atom. The van der Waals surface area contributed by atoms with E-state index >= 15 is 0 Å². The second-order valence-corrected chi connectivity index (χ2v) is 4.82. The molecule has 5 nitrogen and oxygen atoms in total.